The molecule has 0 spiro atoms. The van der Waals surface area contributed by atoms with Crippen molar-refractivity contribution in [2.24, 2.45) is 0 Å². The lowest BCUT2D eigenvalue weighted by atomic mass is 10.3. The second-order valence-corrected chi connectivity index (χ2v) is 5.30. The van der Waals surface area contributed by atoms with Gasteiger partial charge in [0.1, 0.15) is 28.7 Å². The van der Waals surface area contributed by atoms with Crippen LogP contribution in [0.3, 0.4) is 0 Å². The summed E-state index contributed by atoms with van der Waals surface area (Å²) in [5, 5.41) is 5.95. The Labute approximate surface area is 106 Å². The largest absolute Gasteiger partial charge is 0.396 e. The van der Waals surface area contributed by atoms with E-state index in [2.05, 4.69) is 19.9 Å². The number of nitrogens with zero attached hydrogens (tertiary/aromatic N) is 2. The summed E-state index contributed by atoms with van der Waals surface area (Å²) in [6, 6.07) is 1.13. The number of nitrogen functional groups attached to an aromatic ring is 1. The first-order valence-electron chi connectivity index (χ1n) is 4.98. The first-order valence-corrected chi connectivity index (χ1v) is 6.47. The van der Waals surface area contributed by atoms with Gasteiger partial charge in [0.05, 0.1) is 12.2 Å². The maximum Gasteiger partial charge on any atom is 0.243 e. The monoisotopic (exact) mass is 289 g/mol. The number of sulfonamides is 1. The molecule has 1 aromatic heterocycles. The number of benzene rings is 1. The third-order valence-corrected chi connectivity index (χ3v) is 3.65. The molecule has 19 heavy (non-hydrogen) atoms. The van der Waals surface area contributed by atoms with Gasteiger partial charge in [0, 0.05) is 6.07 Å². The Balaban J connectivity index is 2.27. The molecule has 0 aliphatic carbocycles. The van der Waals surface area contributed by atoms with Crippen molar-refractivity contribution in [3.63, 3.8) is 0 Å². The van der Waals surface area contributed by atoms with E-state index in [0.717, 1.165) is 0 Å². The molecule has 0 saturated heterocycles. The number of aromatic amines is 1. The predicted octanol–water partition coefficient (Wildman–Crippen LogP) is 0.144. The van der Waals surface area contributed by atoms with Crippen LogP contribution in [-0.2, 0) is 16.6 Å². The van der Waals surface area contributed by atoms with E-state index in [1.54, 1.807) is 0 Å². The number of nitrogens with one attached hydrogen (secondary N) is 2. The first kappa shape index (κ1) is 13.4. The Morgan fingerprint density at radius 2 is 2.05 bits per heavy atom. The molecule has 2 aromatic rings. The van der Waals surface area contributed by atoms with Gasteiger partial charge in [-0.3, -0.25) is 5.10 Å². The Kier molecular flexibility index (Phi) is 3.44. The molecule has 0 atom stereocenters. The highest BCUT2D eigenvalue weighted by molar-refractivity contribution is 7.89. The smallest absolute Gasteiger partial charge is 0.243 e. The van der Waals surface area contributed by atoms with Crippen LogP contribution in [0.4, 0.5) is 14.5 Å². The molecule has 0 aliphatic heterocycles. The van der Waals surface area contributed by atoms with Crippen molar-refractivity contribution in [1.29, 1.82) is 0 Å². The molecule has 7 nitrogen and oxygen atoms in total. The molecular weight excluding hydrogens is 280 g/mol. The van der Waals surface area contributed by atoms with Gasteiger partial charge in [-0.05, 0) is 6.07 Å². The van der Waals surface area contributed by atoms with E-state index in [1.165, 1.54) is 6.33 Å². The summed E-state index contributed by atoms with van der Waals surface area (Å²) in [5.74, 6) is -2.00. The lowest BCUT2D eigenvalue weighted by Gasteiger charge is -2.07. The van der Waals surface area contributed by atoms with Crippen LogP contribution in [0, 0.1) is 11.6 Å². The van der Waals surface area contributed by atoms with Crippen molar-refractivity contribution >= 4 is 15.7 Å². The molecule has 0 fully saturated rings. The summed E-state index contributed by atoms with van der Waals surface area (Å²) in [6.07, 6.45) is 1.19. The van der Waals surface area contributed by atoms with E-state index >= 15 is 0 Å². The van der Waals surface area contributed by atoms with E-state index in [1.807, 2.05) is 0 Å². The van der Waals surface area contributed by atoms with Crippen LogP contribution >= 0.6 is 0 Å². The van der Waals surface area contributed by atoms with Gasteiger partial charge in [-0.2, -0.15) is 5.10 Å². The second kappa shape index (κ2) is 4.90. The van der Waals surface area contributed by atoms with Gasteiger partial charge >= 0.3 is 0 Å². The number of hydrogen-bond acceptors (Lipinski definition) is 5. The maximum absolute atomic E-state index is 13.4. The number of aromatic nitrogens is 3. The van der Waals surface area contributed by atoms with Crippen LogP contribution < -0.4 is 10.5 Å². The molecule has 2 rings (SSSR count). The minimum Gasteiger partial charge on any atom is -0.396 e. The Bertz CT molecular complexity index is 687. The van der Waals surface area contributed by atoms with E-state index in [-0.39, 0.29) is 12.4 Å². The maximum atomic E-state index is 13.4. The predicted molar refractivity (Wildman–Crippen MR) is 61.2 cm³/mol. The number of hydrogen-bond donors (Lipinski definition) is 3. The van der Waals surface area contributed by atoms with Crippen LogP contribution in [0.1, 0.15) is 5.82 Å². The average Bonchev–Trinajstić information content (AvgIpc) is 2.84. The Hall–Kier alpha value is -2.07. The first-order chi connectivity index (χ1) is 8.90. The normalized spacial score (nSPS) is 11.7. The molecule has 1 aromatic carbocycles. The van der Waals surface area contributed by atoms with Crippen LogP contribution in [-0.4, -0.2) is 23.6 Å². The molecule has 0 unspecified atom stereocenters. The fourth-order valence-corrected chi connectivity index (χ4v) is 2.39. The van der Waals surface area contributed by atoms with Gasteiger partial charge in [-0.1, -0.05) is 0 Å². The van der Waals surface area contributed by atoms with Crippen LogP contribution in [0.25, 0.3) is 0 Å². The SMILES string of the molecule is Nc1cc(S(=O)(=O)NCc2ncn[nH]2)c(F)cc1F. The minimum atomic E-state index is -4.17. The highest BCUT2D eigenvalue weighted by Crippen LogP contribution is 2.20. The van der Waals surface area contributed by atoms with Crippen molar-refractivity contribution in [2.75, 3.05) is 5.73 Å². The Morgan fingerprint density at radius 3 is 2.68 bits per heavy atom. The molecule has 10 heteroatoms. The molecule has 0 amide bonds. The van der Waals surface area contributed by atoms with Gasteiger partial charge in [-0.15, -0.1) is 0 Å². The van der Waals surface area contributed by atoms with Crippen LogP contribution in [0.15, 0.2) is 23.4 Å². The molecule has 4 N–H and O–H groups in total. The summed E-state index contributed by atoms with van der Waals surface area (Å²) in [6.45, 7) is -0.209. The summed E-state index contributed by atoms with van der Waals surface area (Å²) >= 11 is 0. The lowest BCUT2D eigenvalue weighted by Crippen LogP contribution is -2.25. The summed E-state index contributed by atoms with van der Waals surface area (Å²) in [5.41, 5.74) is 4.76. The van der Waals surface area contributed by atoms with E-state index in [0.29, 0.717) is 12.1 Å². The van der Waals surface area contributed by atoms with E-state index < -0.39 is 32.2 Å². The number of rotatable bonds is 4. The number of anilines is 1. The summed E-state index contributed by atoms with van der Waals surface area (Å²) in [7, 11) is -4.17. The highest BCUT2D eigenvalue weighted by atomic mass is 32.2. The zero-order valence-electron chi connectivity index (χ0n) is 9.39. The topological polar surface area (TPSA) is 114 Å². The second-order valence-electron chi connectivity index (χ2n) is 3.56. The summed E-state index contributed by atoms with van der Waals surface area (Å²) < 4.78 is 52.1. The fraction of sp³-hybridized carbons (Fsp3) is 0.111. The van der Waals surface area contributed by atoms with Crippen molar-refractivity contribution in [1.82, 2.24) is 19.9 Å². The third kappa shape index (κ3) is 2.85. The molecule has 0 bridgehead atoms. The zero-order valence-corrected chi connectivity index (χ0v) is 10.2. The third-order valence-electron chi connectivity index (χ3n) is 2.24. The van der Waals surface area contributed by atoms with Crippen LogP contribution in [0.5, 0.6) is 0 Å². The van der Waals surface area contributed by atoms with Gasteiger partial charge in [0.15, 0.2) is 0 Å². The molecule has 0 saturated carbocycles. The minimum absolute atomic E-state index is 0.209. The van der Waals surface area contributed by atoms with Crippen molar-refractivity contribution in [2.45, 2.75) is 11.4 Å². The zero-order chi connectivity index (χ0) is 14.0. The summed E-state index contributed by atoms with van der Waals surface area (Å²) in [4.78, 5) is 2.96. The van der Waals surface area contributed by atoms with Crippen molar-refractivity contribution in [3.8, 4) is 0 Å². The number of nitrogens with two attached hydrogens (primary N) is 1. The number of halogens is 2. The Morgan fingerprint density at radius 1 is 1.32 bits per heavy atom. The van der Waals surface area contributed by atoms with Gasteiger partial charge in [-0.25, -0.2) is 26.9 Å². The quantitative estimate of drug-likeness (QED) is 0.693. The standard InChI is InChI=1S/C9H9F2N5O2S/c10-5-1-6(11)8(2-7(5)12)19(17,18)15-3-9-13-4-14-16-9/h1-2,4,15H,3,12H2,(H,13,14,16). The van der Waals surface area contributed by atoms with E-state index in [4.69, 9.17) is 5.73 Å². The fourth-order valence-electron chi connectivity index (χ4n) is 1.31. The molecule has 0 aliphatic rings. The highest BCUT2D eigenvalue weighted by Gasteiger charge is 2.21. The van der Waals surface area contributed by atoms with Crippen molar-refractivity contribution < 1.29 is 17.2 Å². The van der Waals surface area contributed by atoms with Crippen molar-refractivity contribution in [3.05, 3.63) is 35.9 Å². The number of H-pyrrole nitrogens is 1. The average molecular weight is 289 g/mol. The molecule has 1 heterocycles. The van der Waals surface area contributed by atoms with Gasteiger partial charge in [0.2, 0.25) is 10.0 Å². The molecule has 0 radical (unpaired) electrons. The van der Waals surface area contributed by atoms with Gasteiger partial charge in [0.25, 0.3) is 0 Å². The molecule has 102 valence electrons. The van der Waals surface area contributed by atoms with Gasteiger partial charge < -0.3 is 5.73 Å². The molecular formula is C9H9F2N5O2S. The van der Waals surface area contributed by atoms with E-state index in [9.17, 15) is 17.2 Å². The lowest BCUT2D eigenvalue weighted by molar-refractivity contribution is 0.543. The van der Waals surface area contributed by atoms with Crippen LogP contribution in [0.2, 0.25) is 0 Å².